The van der Waals surface area contributed by atoms with E-state index in [-0.39, 0.29) is 29.2 Å². The van der Waals surface area contributed by atoms with Crippen LogP contribution in [0.25, 0.3) is 5.70 Å². The number of nitrogens with one attached hydrogen (secondary N) is 1. The van der Waals surface area contributed by atoms with Crippen molar-refractivity contribution in [2.45, 2.75) is 25.3 Å². The van der Waals surface area contributed by atoms with Crippen LogP contribution in [-0.4, -0.2) is 24.5 Å². The van der Waals surface area contributed by atoms with Gasteiger partial charge in [-0.05, 0) is 67.3 Å². The maximum atomic E-state index is 15.2. The van der Waals surface area contributed by atoms with Crippen LogP contribution < -0.4 is 10.3 Å². The molecule has 5 rings (SSSR count). The van der Waals surface area contributed by atoms with Crippen molar-refractivity contribution in [3.8, 4) is 0 Å². The summed E-state index contributed by atoms with van der Waals surface area (Å²) in [6.07, 6.45) is 1.61. The van der Waals surface area contributed by atoms with E-state index in [2.05, 4.69) is 5.32 Å². The van der Waals surface area contributed by atoms with Crippen molar-refractivity contribution in [2.24, 2.45) is 0 Å². The smallest absolute Gasteiger partial charge is 0.252 e. The van der Waals surface area contributed by atoms with Gasteiger partial charge in [0.1, 0.15) is 17.5 Å². The van der Waals surface area contributed by atoms with E-state index in [1.807, 2.05) is 30.3 Å². The van der Waals surface area contributed by atoms with E-state index >= 15 is 4.39 Å². The summed E-state index contributed by atoms with van der Waals surface area (Å²) in [6.45, 7) is 1.49. The molecule has 0 aromatic heterocycles. The first-order chi connectivity index (χ1) is 16.3. The Kier molecular flexibility index (Phi) is 5.35. The molecule has 3 aromatic carbocycles. The number of hydrazine groups is 1. The van der Waals surface area contributed by atoms with Crippen LogP contribution in [0.3, 0.4) is 0 Å². The molecule has 4 nitrogen and oxygen atoms in total. The summed E-state index contributed by atoms with van der Waals surface area (Å²) in [5, 5.41) is 6.25. The molecule has 0 atom stereocenters. The van der Waals surface area contributed by atoms with Gasteiger partial charge in [0.2, 0.25) is 0 Å². The highest BCUT2D eigenvalue weighted by molar-refractivity contribution is 5.96. The zero-order valence-electron chi connectivity index (χ0n) is 18.9. The topological polar surface area (TPSA) is 35.6 Å². The number of hydrogen-bond acceptors (Lipinski definition) is 3. The molecule has 1 aliphatic heterocycles. The maximum absolute atomic E-state index is 15.2. The third-order valence-corrected chi connectivity index (χ3v) is 6.65. The number of carbonyl (C=O) groups excluding carboxylic acids is 1. The minimum atomic E-state index is -0.582. The largest absolute Gasteiger partial charge is 0.343 e. The Morgan fingerprint density at radius 2 is 1.65 bits per heavy atom. The molecule has 2 aliphatic rings. The van der Waals surface area contributed by atoms with E-state index in [1.165, 1.54) is 24.3 Å². The molecular weight excluding hydrogens is 439 g/mol. The first-order valence-electron chi connectivity index (χ1n) is 11.1. The molecule has 0 spiro atoms. The third-order valence-electron chi connectivity index (χ3n) is 6.65. The van der Waals surface area contributed by atoms with E-state index in [0.29, 0.717) is 11.3 Å². The Balaban J connectivity index is 1.45. The summed E-state index contributed by atoms with van der Waals surface area (Å²) in [6, 6.07) is 18.1. The van der Waals surface area contributed by atoms with Crippen molar-refractivity contribution in [1.29, 1.82) is 0 Å². The van der Waals surface area contributed by atoms with Crippen LogP contribution in [0, 0.1) is 18.6 Å². The molecular formula is C27H24F3N3O. The number of amides is 1. The normalized spacial score (nSPS) is 16.7. The fourth-order valence-electron chi connectivity index (χ4n) is 4.52. The van der Waals surface area contributed by atoms with Crippen LogP contribution in [0.4, 0.5) is 18.9 Å². The molecule has 0 unspecified atom stereocenters. The number of rotatable bonds is 5. The van der Waals surface area contributed by atoms with E-state index in [0.717, 1.165) is 18.4 Å². The number of carbonyl (C=O) groups is 1. The van der Waals surface area contributed by atoms with Gasteiger partial charge in [-0.3, -0.25) is 14.8 Å². The van der Waals surface area contributed by atoms with Gasteiger partial charge in [-0.2, -0.15) is 0 Å². The molecule has 34 heavy (non-hydrogen) atoms. The standard InChI is InChI=1S/C27H24F3N3O/c1-17-22(25-24(30)16-33(32(25)2)21-10-8-20(28)9-11-21)14-18(15-23(17)29)26(34)31-27(12-13-27)19-6-4-3-5-7-19/h3-11,14-15H,12-13,16H2,1-2H3,(H,31,34). The lowest BCUT2D eigenvalue weighted by molar-refractivity contribution is 0.0930. The van der Waals surface area contributed by atoms with Crippen LogP contribution in [-0.2, 0) is 5.54 Å². The Morgan fingerprint density at radius 3 is 2.29 bits per heavy atom. The monoisotopic (exact) mass is 463 g/mol. The summed E-state index contributed by atoms with van der Waals surface area (Å²) in [5.74, 6) is -1.84. The molecule has 3 aromatic rings. The van der Waals surface area contributed by atoms with Gasteiger partial charge in [-0.1, -0.05) is 30.3 Å². The molecule has 1 fully saturated rings. The first-order valence-corrected chi connectivity index (χ1v) is 11.1. The highest BCUT2D eigenvalue weighted by Crippen LogP contribution is 2.45. The summed E-state index contributed by atoms with van der Waals surface area (Å²) in [4.78, 5) is 13.1. The lowest BCUT2D eigenvalue weighted by Crippen LogP contribution is -2.35. The molecule has 1 saturated carbocycles. The number of hydrogen-bond donors (Lipinski definition) is 1. The summed E-state index contributed by atoms with van der Waals surface area (Å²) in [5.41, 5.74) is 2.02. The van der Waals surface area contributed by atoms with Crippen LogP contribution >= 0.6 is 0 Å². The molecule has 174 valence electrons. The SMILES string of the molecule is Cc1c(F)cc(C(=O)NC2(c3ccccc3)CC2)cc1C1=C(F)CN(c2ccc(F)cc2)N1C. The van der Waals surface area contributed by atoms with Crippen LogP contribution in [0.1, 0.15) is 39.9 Å². The summed E-state index contributed by atoms with van der Waals surface area (Å²) >= 11 is 0. The molecule has 0 saturated heterocycles. The number of anilines is 1. The first kappa shape index (κ1) is 22.1. The highest BCUT2D eigenvalue weighted by Gasteiger charge is 2.45. The van der Waals surface area contributed by atoms with Gasteiger partial charge in [-0.15, -0.1) is 0 Å². The molecule has 1 heterocycles. The van der Waals surface area contributed by atoms with Crippen molar-refractivity contribution < 1.29 is 18.0 Å². The van der Waals surface area contributed by atoms with Gasteiger partial charge < -0.3 is 5.32 Å². The second-order valence-electron chi connectivity index (χ2n) is 8.84. The molecule has 1 N–H and O–H groups in total. The average molecular weight is 464 g/mol. The van der Waals surface area contributed by atoms with E-state index in [4.69, 9.17) is 0 Å². The van der Waals surface area contributed by atoms with Crippen molar-refractivity contribution in [2.75, 3.05) is 18.6 Å². The summed E-state index contributed by atoms with van der Waals surface area (Å²) < 4.78 is 43.5. The van der Waals surface area contributed by atoms with Crippen molar-refractivity contribution >= 4 is 17.3 Å². The Morgan fingerprint density at radius 1 is 0.971 bits per heavy atom. The van der Waals surface area contributed by atoms with E-state index in [1.54, 1.807) is 36.1 Å². The van der Waals surface area contributed by atoms with Crippen molar-refractivity contribution in [3.63, 3.8) is 0 Å². The molecule has 0 radical (unpaired) electrons. The molecule has 1 amide bonds. The van der Waals surface area contributed by atoms with Crippen molar-refractivity contribution in [1.82, 2.24) is 10.3 Å². The lowest BCUT2D eigenvalue weighted by Gasteiger charge is -2.30. The fraction of sp³-hybridized carbons (Fsp3) is 0.222. The average Bonchev–Trinajstić information content (AvgIpc) is 3.55. The Labute approximate surface area is 196 Å². The Hall–Kier alpha value is -3.74. The molecule has 1 aliphatic carbocycles. The van der Waals surface area contributed by atoms with Crippen LogP contribution in [0.15, 0.2) is 72.6 Å². The summed E-state index contributed by atoms with van der Waals surface area (Å²) in [7, 11) is 1.66. The second-order valence-corrected chi connectivity index (χ2v) is 8.84. The van der Waals surface area contributed by atoms with Crippen molar-refractivity contribution in [3.05, 3.63) is 106 Å². The van der Waals surface area contributed by atoms with Crippen LogP contribution in [0.2, 0.25) is 0 Å². The molecule has 0 bridgehead atoms. The van der Waals surface area contributed by atoms with Gasteiger partial charge >= 0.3 is 0 Å². The van der Waals surface area contributed by atoms with Gasteiger partial charge in [0, 0.05) is 18.2 Å². The van der Waals surface area contributed by atoms with Gasteiger partial charge in [-0.25, -0.2) is 13.2 Å². The second kappa shape index (κ2) is 8.24. The minimum Gasteiger partial charge on any atom is -0.343 e. The van der Waals surface area contributed by atoms with E-state index < -0.39 is 23.1 Å². The quantitative estimate of drug-likeness (QED) is 0.528. The van der Waals surface area contributed by atoms with Gasteiger partial charge in [0.25, 0.3) is 5.91 Å². The van der Waals surface area contributed by atoms with Crippen LogP contribution in [0.5, 0.6) is 0 Å². The highest BCUT2D eigenvalue weighted by atomic mass is 19.1. The van der Waals surface area contributed by atoms with Gasteiger partial charge in [0.05, 0.1) is 23.5 Å². The van der Waals surface area contributed by atoms with Gasteiger partial charge in [0.15, 0.2) is 0 Å². The fourth-order valence-corrected chi connectivity index (χ4v) is 4.52. The Bertz CT molecular complexity index is 1280. The maximum Gasteiger partial charge on any atom is 0.252 e. The lowest BCUT2D eigenvalue weighted by atomic mass is 9.99. The number of halogens is 3. The zero-order valence-corrected chi connectivity index (χ0v) is 18.9. The predicted molar refractivity (Wildman–Crippen MR) is 125 cm³/mol. The molecule has 7 heteroatoms. The zero-order chi connectivity index (χ0) is 24.0. The number of nitrogens with zero attached hydrogens (tertiary/aromatic N) is 2. The third kappa shape index (κ3) is 3.81. The van der Waals surface area contributed by atoms with E-state index in [9.17, 15) is 13.6 Å². The predicted octanol–water partition coefficient (Wildman–Crippen LogP) is 5.70. The number of benzene rings is 3. The minimum absolute atomic E-state index is 0.0773.